The van der Waals surface area contributed by atoms with Gasteiger partial charge in [-0.1, -0.05) is 62.3 Å². The fraction of sp³-hybridized carbons (Fsp3) is 0.367. The second-order valence-electron chi connectivity index (χ2n) is 8.95. The molecule has 0 spiro atoms. The van der Waals surface area contributed by atoms with Crippen molar-refractivity contribution in [2.45, 2.75) is 53.9 Å². The summed E-state index contributed by atoms with van der Waals surface area (Å²) in [7, 11) is 0. The van der Waals surface area contributed by atoms with E-state index in [1.54, 1.807) is 0 Å². The number of carbonyl (C=O) groups excluding carboxylic acids is 1. The minimum atomic E-state index is -0.285. The summed E-state index contributed by atoms with van der Waals surface area (Å²) in [6, 6.07) is 7.80. The number of benzene rings is 1. The Morgan fingerprint density at radius 1 is 1.09 bits per heavy atom. The minimum absolute atomic E-state index is 0.0477. The highest BCUT2D eigenvalue weighted by Crippen LogP contribution is 2.49. The molecule has 3 aliphatic rings. The second kappa shape index (κ2) is 9.82. The first-order chi connectivity index (χ1) is 16.0. The lowest BCUT2D eigenvalue weighted by atomic mass is 9.75. The second-order valence-corrected chi connectivity index (χ2v) is 8.95. The summed E-state index contributed by atoms with van der Waals surface area (Å²) in [5.74, 6) is 1.87. The van der Waals surface area contributed by atoms with Gasteiger partial charge < -0.3 is 9.47 Å². The van der Waals surface area contributed by atoms with Crippen LogP contribution in [-0.2, 0) is 9.47 Å². The van der Waals surface area contributed by atoms with Gasteiger partial charge in [0.25, 0.3) is 0 Å². The molecule has 2 aliphatic carbocycles. The molecular weight excluding hydrogens is 408 g/mol. The quantitative estimate of drug-likeness (QED) is 0.423. The van der Waals surface area contributed by atoms with Gasteiger partial charge in [-0.3, -0.25) is 0 Å². The molecule has 0 saturated heterocycles. The van der Waals surface area contributed by atoms with Crippen molar-refractivity contribution in [2.24, 2.45) is 11.8 Å². The van der Waals surface area contributed by atoms with Gasteiger partial charge in [-0.2, -0.15) is 0 Å². The predicted octanol–water partition coefficient (Wildman–Crippen LogP) is 7.70. The van der Waals surface area contributed by atoms with Crippen molar-refractivity contribution in [2.75, 3.05) is 6.61 Å². The molecule has 0 bridgehead atoms. The summed E-state index contributed by atoms with van der Waals surface area (Å²) in [6.45, 7) is 10.9. The maximum atomic E-state index is 12.9. The van der Waals surface area contributed by atoms with E-state index in [1.165, 1.54) is 16.7 Å². The van der Waals surface area contributed by atoms with Gasteiger partial charge in [0.15, 0.2) is 0 Å². The third-order valence-corrected chi connectivity index (χ3v) is 6.62. The highest BCUT2D eigenvalue weighted by molar-refractivity contribution is 5.98. The van der Waals surface area contributed by atoms with Crippen molar-refractivity contribution in [3.63, 3.8) is 0 Å². The third-order valence-electron chi connectivity index (χ3n) is 6.62. The normalized spacial score (nSPS) is 23.0. The van der Waals surface area contributed by atoms with E-state index in [0.717, 1.165) is 47.5 Å². The summed E-state index contributed by atoms with van der Waals surface area (Å²) in [4.78, 5) is 12.9. The zero-order valence-electron chi connectivity index (χ0n) is 20.4. The monoisotopic (exact) mass is 442 g/mol. The maximum absolute atomic E-state index is 12.9. The van der Waals surface area contributed by atoms with Gasteiger partial charge in [-0.25, -0.2) is 4.79 Å². The first kappa shape index (κ1) is 23.1. The Bertz CT molecular complexity index is 1140. The molecule has 0 saturated carbocycles. The van der Waals surface area contributed by atoms with Crippen LogP contribution in [-0.4, -0.2) is 12.6 Å². The number of hydrogen-bond donors (Lipinski definition) is 0. The van der Waals surface area contributed by atoms with Crippen molar-refractivity contribution in [3.8, 4) is 0 Å². The van der Waals surface area contributed by atoms with Crippen LogP contribution in [0.2, 0.25) is 0 Å². The molecule has 4 rings (SSSR count). The SMILES string of the molecule is CC/C=C1/C=C2OC3=CC(CCC)C(C)=CC3=C(c3ccccc3C(=O)OCC)C2C=C1C. The van der Waals surface area contributed by atoms with Gasteiger partial charge in [0.1, 0.15) is 11.5 Å². The van der Waals surface area contributed by atoms with E-state index >= 15 is 0 Å². The largest absolute Gasteiger partial charge is 0.462 e. The van der Waals surface area contributed by atoms with Crippen LogP contribution in [0.15, 0.2) is 88.5 Å². The zero-order chi connectivity index (χ0) is 23.5. The van der Waals surface area contributed by atoms with E-state index in [9.17, 15) is 4.79 Å². The number of ether oxygens (including phenoxy) is 2. The molecule has 1 aliphatic heterocycles. The van der Waals surface area contributed by atoms with Gasteiger partial charge in [0.05, 0.1) is 18.1 Å². The number of carbonyl (C=O) groups is 1. The Morgan fingerprint density at radius 2 is 1.88 bits per heavy atom. The molecule has 0 N–H and O–H groups in total. The molecule has 0 amide bonds. The Hall–Kier alpha value is -3.07. The average Bonchev–Trinajstić information content (AvgIpc) is 2.80. The smallest absolute Gasteiger partial charge is 0.338 e. The van der Waals surface area contributed by atoms with Gasteiger partial charge in [0, 0.05) is 11.5 Å². The standard InChI is InChI=1S/C30H34O3/c1-6-11-21-17-27-25(15-19(21)4)29(23-13-9-10-14-24(23)30(31)32-8-3)26-16-20(5)22(12-7-2)18-28(26)33-27/h9-11,13-18,22,25H,6-8,12H2,1-5H3/b21-11-. The van der Waals surface area contributed by atoms with E-state index in [4.69, 9.17) is 9.47 Å². The minimum Gasteiger partial charge on any atom is -0.462 e. The fourth-order valence-electron chi connectivity index (χ4n) is 4.99. The Labute approximate surface area is 197 Å². The lowest BCUT2D eigenvalue weighted by molar-refractivity contribution is 0.0526. The van der Waals surface area contributed by atoms with Crippen molar-refractivity contribution in [3.05, 3.63) is 99.6 Å². The molecule has 1 aromatic carbocycles. The average molecular weight is 443 g/mol. The Kier molecular flexibility index (Phi) is 6.88. The molecular formula is C30H34O3. The van der Waals surface area contributed by atoms with Crippen molar-refractivity contribution >= 4 is 11.5 Å². The molecule has 0 radical (unpaired) electrons. The van der Waals surface area contributed by atoms with Crippen molar-refractivity contribution in [1.82, 2.24) is 0 Å². The number of fused-ring (bicyclic) bond motifs is 2. The van der Waals surface area contributed by atoms with Crippen LogP contribution in [0, 0.1) is 11.8 Å². The van der Waals surface area contributed by atoms with E-state index in [2.05, 4.69) is 58.1 Å². The molecule has 172 valence electrons. The first-order valence-electron chi connectivity index (χ1n) is 12.2. The number of rotatable bonds is 6. The lowest BCUT2D eigenvalue weighted by Gasteiger charge is -2.36. The molecule has 0 fully saturated rings. The number of allylic oxidation sites excluding steroid dienone is 8. The van der Waals surface area contributed by atoms with Crippen LogP contribution in [0.3, 0.4) is 0 Å². The molecule has 33 heavy (non-hydrogen) atoms. The number of esters is 1. The molecule has 1 aromatic rings. The predicted molar refractivity (Wildman–Crippen MR) is 134 cm³/mol. The van der Waals surface area contributed by atoms with Crippen LogP contribution in [0.25, 0.3) is 5.57 Å². The summed E-state index contributed by atoms with van der Waals surface area (Å²) in [5.41, 5.74) is 7.48. The molecule has 3 heteroatoms. The van der Waals surface area contributed by atoms with Gasteiger partial charge >= 0.3 is 5.97 Å². The van der Waals surface area contributed by atoms with Crippen molar-refractivity contribution in [1.29, 1.82) is 0 Å². The van der Waals surface area contributed by atoms with Crippen molar-refractivity contribution < 1.29 is 14.3 Å². The van der Waals surface area contributed by atoms with Crippen LogP contribution in [0.5, 0.6) is 0 Å². The van der Waals surface area contributed by atoms with Crippen LogP contribution in [0.1, 0.15) is 69.8 Å². The number of hydrogen-bond acceptors (Lipinski definition) is 3. The lowest BCUT2D eigenvalue weighted by Crippen LogP contribution is -2.23. The molecule has 3 nitrogen and oxygen atoms in total. The Balaban J connectivity index is 1.96. The van der Waals surface area contributed by atoms with Crippen LogP contribution in [0.4, 0.5) is 0 Å². The summed E-state index contributed by atoms with van der Waals surface area (Å²) < 4.78 is 12.0. The summed E-state index contributed by atoms with van der Waals surface area (Å²) >= 11 is 0. The molecule has 2 atom stereocenters. The van der Waals surface area contributed by atoms with E-state index < -0.39 is 0 Å². The summed E-state index contributed by atoms with van der Waals surface area (Å²) in [5, 5.41) is 0. The summed E-state index contributed by atoms with van der Waals surface area (Å²) in [6.07, 6.45) is 14.4. The molecule has 2 unspecified atom stereocenters. The molecule has 0 aromatic heterocycles. The van der Waals surface area contributed by atoms with Gasteiger partial charge in [-0.05, 0) is 74.1 Å². The van der Waals surface area contributed by atoms with E-state index in [1.807, 2.05) is 31.2 Å². The first-order valence-corrected chi connectivity index (χ1v) is 12.2. The van der Waals surface area contributed by atoms with Gasteiger partial charge in [-0.15, -0.1) is 0 Å². The van der Waals surface area contributed by atoms with E-state index in [0.29, 0.717) is 18.1 Å². The van der Waals surface area contributed by atoms with Crippen LogP contribution >= 0.6 is 0 Å². The Morgan fingerprint density at radius 3 is 2.61 bits per heavy atom. The fourth-order valence-corrected chi connectivity index (χ4v) is 4.99. The van der Waals surface area contributed by atoms with Crippen LogP contribution < -0.4 is 0 Å². The third kappa shape index (κ3) is 4.42. The topological polar surface area (TPSA) is 35.5 Å². The highest BCUT2D eigenvalue weighted by atomic mass is 16.5. The van der Waals surface area contributed by atoms with Gasteiger partial charge in [0.2, 0.25) is 0 Å². The highest BCUT2D eigenvalue weighted by Gasteiger charge is 2.36. The molecule has 1 heterocycles. The van der Waals surface area contributed by atoms with E-state index in [-0.39, 0.29) is 11.9 Å². The maximum Gasteiger partial charge on any atom is 0.338 e. The zero-order valence-corrected chi connectivity index (χ0v) is 20.4.